The molecule has 2 aromatic carbocycles. The lowest BCUT2D eigenvalue weighted by molar-refractivity contribution is -0.0165. The summed E-state index contributed by atoms with van der Waals surface area (Å²) in [6.07, 6.45) is 1.67. The molecule has 6 nitrogen and oxygen atoms in total. The third-order valence-corrected chi connectivity index (χ3v) is 6.06. The lowest BCUT2D eigenvalue weighted by Crippen LogP contribution is -2.31. The van der Waals surface area contributed by atoms with Crippen molar-refractivity contribution >= 4 is 23.5 Å². The van der Waals surface area contributed by atoms with Crippen LogP contribution in [0.2, 0.25) is 5.02 Å². The van der Waals surface area contributed by atoms with Gasteiger partial charge in [0.05, 0.1) is 17.7 Å². The summed E-state index contributed by atoms with van der Waals surface area (Å²) in [6, 6.07) is 5.20. The van der Waals surface area contributed by atoms with E-state index in [2.05, 4.69) is 32.6 Å². The van der Waals surface area contributed by atoms with Crippen LogP contribution in [-0.2, 0) is 17.9 Å². The molecule has 0 unspecified atom stereocenters. The van der Waals surface area contributed by atoms with Crippen LogP contribution in [-0.4, -0.2) is 35.7 Å². The zero-order valence-electron chi connectivity index (χ0n) is 20.4. The van der Waals surface area contributed by atoms with E-state index in [4.69, 9.17) is 25.8 Å². The van der Waals surface area contributed by atoms with Crippen LogP contribution in [0.15, 0.2) is 24.0 Å². The monoisotopic (exact) mass is 485 g/mol. The molecule has 2 aromatic rings. The predicted molar refractivity (Wildman–Crippen MR) is 132 cm³/mol. The van der Waals surface area contributed by atoms with Gasteiger partial charge in [0.1, 0.15) is 17.2 Å². The number of ether oxygens (including phenoxy) is 3. The number of nitrogens with zero attached hydrogens (tertiary/aromatic N) is 1. The molecule has 2 heterocycles. The first-order valence-corrected chi connectivity index (χ1v) is 12.1. The average molecular weight is 486 g/mol. The van der Waals surface area contributed by atoms with E-state index in [0.717, 1.165) is 18.7 Å². The normalized spacial score (nSPS) is 16.3. The van der Waals surface area contributed by atoms with Crippen LogP contribution in [0.1, 0.15) is 60.3 Å². The molecular formula is C27H32ClNO5. The number of hydrogen-bond donors (Lipinski definition) is 1. The second-order valence-corrected chi connectivity index (χ2v) is 10.3. The molecule has 0 amide bonds. The number of phenols is 1. The molecule has 7 heteroatoms. The van der Waals surface area contributed by atoms with E-state index in [1.807, 2.05) is 6.92 Å². The number of halogens is 1. The molecule has 0 saturated carbocycles. The first-order chi connectivity index (χ1) is 16.1. The van der Waals surface area contributed by atoms with Gasteiger partial charge in [-0.25, -0.2) is 0 Å². The fraction of sp³-hybridized carbons (Fsp3) is 0.444. The number of aromatic hydroxyl groups is 1. The Labute approximate surface area is 206 Å². The molecule has 34 heavy (non-hydrogen) atoms. The van der Waals surface area contributed by atoms with Crippen molar-refractivity contribution in [3.05, 3.63) is 56.8 Å². The molecular weight excluding hydrogens is 454 g/mol. The van der Waals surface area contributed by atoms with E-state index in [1.54, 1.807) is 24.3 Å². The predicted octanol–water partition coefficient (Wildman–Crippen LogP) is 5.95. The van der Waals surface area contributed by atoms with E-state index < -0.39 is 0 Å². The van der Waals surface area contributed by atoms with Gasteiger partial charge in [0.25, 0.3) is 0 Å². The number of carbonyl (C=O) groups excluding carboxylic acids is 1. The number of carbonyl (C=O) groups is 1. The van der Waals surface area contributed by atoms with Gasteiger partial charge in [0.15, 0.2) is 12.6 Å². The number of aryl methyl sites for hydroxylation is 1. The quantitative estimate of drug-likeness (QED) is 0.489. The summed E-state index contributed by atoms with van der Waals surface area (Å²) in [4.78, 5) is 15.7. The minimum absolute atomic E-state index is 0.137. The van der Waals surface area contributed by atoms with Crippen molar-refractivity contribution in [3.8, 4) is 17.2 Å². The number of phenolic OH excluding ortho intramolecular Hbond substituents is 1. The van der Waals surface area contributed by atoms with E-state index in [9.17, 15) is 9.90 Å². The van der Waals surface area contributed by atoms with Crippen molar-refractivity contribution in [3.63, 3.8) is 0 Å². The van der Waals surface area contributed by atoms with Crippen molar-refractivity contribution in [2.24, 2.45) is 11.8 Å². The van der Waals surface area contributed by atoms with Crippen molar-refractivity contribution < 1.29 is 24.1 Å². The highest BCUT2D eigenvalue weighted by Gasteiger charge is 2.34. The maximum atomic E-state index is 13.4. The van der Waals surface area contributed by atoms with Crippen molar-refractivity contribution in [2.45, 2.75) is 47.8 Å². The summed E-state index contributed by atoms with van der Waals surface area (Å²) in [5.74, 6) is 2.12. The van der Waals surface area contributed by atoms with E-state index in [1.165, 1.54) is 0 Å². The van der Waals surface area contributed by atoms with Crippen LogP contribution in [0.4, 0.5) is 0 Å². The second-order valence-electron chi connectivity index (χ2n) is 9.91. The Bertz CT molecular complexity index is 1130. The lowest BCUT2D eigenvalue weighted by atomic mass is 9.98. The van der Waals surface area contributed by atoms with Gasteiger partial charge in [-0.3, -0.25) is 9.69 Å². The highest BCUT2D eigenvalue weighted by atomic mass is 35.5. The number of hydrogen-bond acceptors (Lipinski definition) is 6. The number of allylic oxidation sites excluding steroid dienone is 1. The Kier molecular flexibility index (Phi) is 7.22. The summed E-state index contributed by atoms with van der Waals surface area (Å²) in [7, 11) is 0. The standard InChI is InChI=1S/C27H32ClNO5/c1-15(2)10-29(11-16(3)4)12-21-22(30)6-17(5)24-25(31)23(34-27(21)24)9-18-7-20(28)8-19-13-32-14-33-26(18)19/h6-9,15-16,30H,10-14H2,1-5H3/b23-9+. The molecule has 0 fully saturated rings. The summed E-state index contributed by atoms with van der Waals surface area (Å²) in [5.41, 5.74) is 3.29. The minimum atomic E-state index is -0.214. The van der Waals surface area contributed by atoms with Gasteiger partial charge in [-0.15, -0.1) is 0 Å². The fourth-order valence-corrected chi connectivity index (χ4v) is 4.90. The molecule has 4 rings (SSSR count). The van der Waals surface area contributed by atoms with E-state index >= 15 is 0 Å². The van der Waals surface area contributed by atoms with E-state index in [0.29, 0.717) is 63.8 Å². The summed E-state index contributed by atoms with van der Waals surface area (Å²) < 4.78 is 17.2. The van der Waals surface area contributed by atoms with Crippen LogP contribution in [0.3, 0.4) is 0 Å². The number of Topliss-reactive ketones (excluding diaryl/α,β-unsaturated/α-hetero) is 1. The van der Waals surface area contributed by atoms with Gasteiger partial charge in [0.2, 0.25) is 5.78 Å². The third kappa shape index (κ3) is 5.09. The second kappa shape index (κ2) is 9.98. The molecule has 2 aliphatic heterocycles. The zero-order valence-corrected chi connectivity index (χ0v) is 21.2. The molecule has 2 aliphatic rings. The summed E-state index contributed by atoms with van der Waals surface area (Å²) >= 11 is 6.30. The number of fused-ring (bicyclic) bond motifs is 2. The Morgan fingerprint density at radius 3 is 2.50 bits per heavy atom. The zero-order chi connectivity index (χ0) is 24.6. The topological polar surface area (TPSA) is 68.2 Å². The summed E-state index contributed by atoms with van der Waals surface area (Å²) in [5, 5.41) is 11.4. The smallest absolute Gasteiger partial charge is 0.232 e. The molecule has 0 radical (unpaired) electrons. The van der Waals surface area contributed by atoms with Crippen LogP contribution in [0.25, 0.3) is 6.08 Å². The van der Waals surface area contributed by atoms with Crippen molar-refractivity contribution in [1.29, 1.82) is 0 Å². The van der Waals surface area contributed by atoms with Gasteiger partial charge in [-0.05, 0) is 48.6 Å². The van der Waals surface area contributed by atoms with Crippen molar-refractivity contribution in [2.75, 3.05) is 19.9 Å². The minimum Gasteiger partial charge on any atom is -0.507 e. The molecule has 0 spiro atoms. The summed E-state index contributed by atoms with van der Waals surface area (Å²) in [6.45, 7) is 13.3. The first-order valence-electron chi connectivity index (χ1n) is 11.7. The average Bonchev–Trinajstić information content (AvgIpc) is 3.06. The Hall–Kier alpha value is -2.54. The molecule has 182 valence electrons. The van der Waals surface area contributed by atoms with Crippen LogP contribution >= 0.6 is 11.6 Å². The van der Waals surface area contributed by atoms with Gasteiger partial charge >= 0.3 is 0 Å². The largest absolute Gasteiger partial charge is 0.507 e. The first kappa shape index (κ1) is 24.6. The van der Waals surface area contributed by atoms with E-state index in [-0.39, 0.29) is 24.1 Å². The maximum absolute atomic E-state index is 13.4. The lowest BCUT2D eigenvalue weighted by Gasteiger charge is -2.27. The highest BCUT2D eigenvalue weighted by Crippen LogP contribution is 2.43. The van der Waals surface area contributed by atoms with Gasteiger partial charge in [-0.2, -0.15) is 0 Å². The molecule has 1 N–H and O–H groups in total. The maximum Gasteiger partial charge on any atom is 0.232 e. The number of ketones is 1. The van der Waals surface area contributed by atoms with Crippen LogP contribution in [0.5, 0.6) is 17.2 Å². The molecule has 0 saturated heterocycles. The molecule has 0 bridgehead atoms. The number of rotatable bonds is 7. The Morgan fingerprint density at radius 2 is 1.82 bits per heavy atom. The molecule has 0 atom stereocenters. The third-order valence-electron chi connectivity index (χ3n) is 5.84. The van der Waals surface area contributed by atoms with Gasteiger partial charge < -0.3 is 19.3 Å². The SMILES string of the molecule is Cc1cc(O)c(CN(CC(C)C)CC(C)C)c2c1C(=O)/C(=C\c1cc(Cl)cc3c1OCOC3)O2. The van der Waals surface area contributed by atoms with Crippen LogP contribution in [0, 0.1) is 18.8 Å². The molecule has 0 aromatic heterocycles. The Balaban J connectivity index is 1.73. The van der Waals surface area contributed by atoms with Crippen molar-refractivity contribution in [1.82, 2.24) is 4.90 Å². The highest BCUT2D eigenvalue weighted by molar-refractivity contribution is 6.31. The Morgan fingerprint density at radius 1 is 1.12 bits per heavy atom. The van der Waals surface area contributed by atoms with Gasteiger partial charge in [-0.1, -0.05) is 39.3 Å². The van der Waals surface area contributed by atoms with Crippen LogP contribution < -0.4 is 9.47 Å². The fourth-order valence-electron chi connectivity index (χ4n) is 4.65. The van der Waals surface area contributed by atoms with Gasteiger partial charge in [0, 0.05) is 35.8 Å². The number of benzene rings is 2. The molecule has 0 aliphatic carbocycles.